The van der Waals surface area contributed by atoms with Crippen LogP contribution in [0.3, 0.4) is 0 Å². The number of ether oxygens (including phenoxy) is 1. The van der Waals surface area contributed by atoms with Gasteiger partial charge in [-0.2, -0.15) is 0 Å². The summed E-state index contributed by atoms with van der Waals surface area (Å²) in [5.41, 5.74) is -0.0310. The molecular weight excluding hydrogens is 224 g/mol. The van der Waals surface area contributed by atoms with Gasteiger partial charge in [-0.1, -0.05) is 12.1 Å². The molecule has 1 aromatic heterocycles. The fourth-order valence-corrected chi connectivity index (χ4v) is 2.39. The average molecular weight is 234 g/mol. The number of esters is 1. The first-order valence-corrected chi connectivity index (χ1v) is 5.63. The highest BCUT2D eigenvalue weighted by molar-refractivity contribution is 7.18. The van der Waals surface area contributed by atoms with Gasteiger partial charge in [0.05, 0.1) is 0 Å². The van der Waals surface area contributed by atoms with Crippen LogP contribution in [0.25, 0.3) is 10.1 Å². The molecule has 0 saturated heterocycles. The van der Waals surface area contributed by atoms with Gasteiger partial charge in [-0.25, -0.2) is 0 Å². The highest BCUT2D eigenvalue weighted by Crippen LogP contribution is 2.19. The summed E-state index contributed by atoms with van der Waals surface area (Å²) in [5, 5.41) is 0.707. The predicted molar refractivity (Wildman–Crippen MR) is 63.6 cm³/mol. The van der Waals surface area contributed by atoms with Crippen LogP contribution < -0.4 is 5.43 Å². The fraction of sp³-hybridized carbons (Fsp3) is 0.167. The first-order chi connectivity index (χ1) is 7.66. The maximum absolute atomic E-state index is 11.7. The van der Waals surface area contributed by atoms with Crippen LogP contribution in [0.15, 0.2) is 35.1 Å². The summed E-state index contributed by atoms with van der Waals surface area (Å²) in [6.45, 7) is 1.52. The molecule has 0 N–H and O–H groups in total. The summed E-state index contributed by atoms with van der Waals surface area (Å²) in [4.78, 5) is 23.1. The summed E-state index contributed by atoms with van der Waals surface area (Å²) in [5.74, 6) is -0.340. The van der Waals surface area contributed by atoms with Gasteiger partial charge >= 0.3 is 5.97 Å². The van der Waals surface area contributed by atoms with Gasteiger partial charge in [-0.3, -0.25) is 9.59 Å². The lowest BCUT2D eigenvalue weighted by Gasteiger charge is -2.02. The molecule has 0 aliphatic heterocycles. The molecule has 2 rings (SSSR count). The normalized spacial score (nSPS) is 10.3. The second kappa shape index (κ2) is 4.45. The van der Waals surface area contributed by atoms with Crippen molar-refractivity contribution in [2.45, 2.75) is 13.5 Å². The van der Waals surface area contributed by atoms with Crippen molar-refractivity contribution in [3.8, 4) is 0 Å². The van der Waals surface area contributed by atoms with Gasteiger partial charge in [0.2, 0.25) is 0 Å². The Labute approximate surface area is 96.3 Å². The van der Waals surface area contributed by atoms with Gasteiger partial charge in [0, 0.05) is 28.0 Å². The van der Waals surface area contributed by atoms with Crippen LogP contribution in [0.5, 0.6) is 0 Å². The Balaban J connectivity index is 2.42. The summed E-state index contributed by atoms with van der Waals surface area (Å²) in [6.07, 6.45) is 0. The third-order valence-electron chi connectivity index (χ3n) is 2.10. The molecule has 0 fully saturated rings. The van der Waals surface area contributed by atoms with Crippen molar-refractivity contribution in [1.29, 1.82) is 0 Å². The highest BCUT2D eigenvalue weighted by atomic mass is 32.1. The molecule has 0 amide bonds. The largest absolute Gasteiger partial charge is 0.460 e. The molecule has 4 heteroatoms. The van der Waals surface area contributed by atoms with E-state index >= 15 is 0 Å². The van der Waals surface area contributed by atoms with E-state index in [9.17, 15) is 9.59 Å². The molecule has 16 heavy (non-hydrogen) atoms. The summed E-state index contributed by atoms with van der Waals surface area (Å²) < 4.78 is 5.78. The maximum atomic E-state index is 11.7. The van der Waals surface area contributed by atoms with Crippen LogP contribution in [0.2, 0.25) is 0 Å². The Morgan fingerprint density at radius 1 is 1.38 bits per heavy atom. The standard InChI is InChI=1S/C12H10O3S/c1-8(13)15-7-9-6-11(14)10-4-2-3-5-12(10)16-9/h2-6H,7H2,1H3. The van der Waals surface area contributed by atoms with E-state index in [0.29, 0.717) is 5.39 Å². The van der Waals surface area contributed by atoms with E-state index in [2.05, 4.69) is 0 Å². The lowest BCUT2D eigenvalue weighted by atomic mass is 10.2. The lowest BCUT2D eigenvalue weighted by molar-refractivity contribution is -0.142. The minimum absolute atomic E-state index is 0.0310. The molecule has 0 spiro atoms. The Morgan fingerprint density at radius 2 is 2.12 bits per heavy atom. The Kier molecular flexibility index (Phi) is 3.01. The molecule has 0 aliphatic carbocycles. The molecule has 0 atom stereocenters. The molecule has 82 valence electrons. The van der Waals surface area contributed by atoms with Gasteiger partial charge in [0.15, 0.2) is 5.43 Å². The molecule has 0 aliphatic rings. The van der Waals surface area contributed by atoms with Crippen molar-refractivity contribution < 1.29 is 9.53 Å². The zero-order valence-electron chi connectivity index (χ0n) is 8.73. The number of hydrogen-bond donors (Lipinski definition) is 0. The number of fused-ring (bicyclic) bond motifs is 1. The van der Waals surface area contributed by atoms with E-state index in [1.165, 1.54) is 24.3 Å². The molecule has 0 radical (unpaired) electrons. The van der Waals surface area contributed by atoms with Crippen molar-refractivity contribution in [2.24, 2.45) is 0 Å². The third-order valence-corrected chi connectivity index (χ3v) is 3.18. The van der Waals surface area contributed by atoms with Crippen molar-refractivity contribution in [3.63, 3.8) is 0 Å². The molecule has 1 heterocycles. The van der Waals surface area contributed by atoms with E-state index in [-0.39, 0.29) is 18.0 Å². The molecule has 0 bridgehead atoms. The maximum Gasteiger partial charge on any atom is 0.302 e. The topological polar surface area (TPSA) is 43.4 Å². The van der Waals surface area contributed by atoms with E-state index in [1.807, 2.05) is 18.2 Å². The smallest absolute Gasteiger partial charge is 0.302 e. The molecule has 3 nitrogen and oxygen atoms in total. The quantitative estimate of drug-likeness (QED) is 0.749. The van der Waals surface area contributed by atoms with E-state index in [1.54, 1.807) is 6.07 Å². The second-order valence-electron chi connectivity index (χ2n) is 3.35. The zero-order chi connectivity index (χ0) is 11.5. The number of benzene rings is 1. The Bertz CT molecular complexity index is 586. The SMILES string of the molecule is CC(=O)OCc1cc(=O)c2ccccc2s1. The van der Waals surface area contributed by atoms with Crippen LogP contribution in [-0.4, -0.2) is 5.97 Å². The minimum Gasteiger partial charge on any atom is -0.460 e. The summed E-state index contributed by atoms with van der Waals surface area (Å²) in [7, 11) is 0. The number of carbonyl (C=O) groups excluding carboxylic acids is 1. The van der Waals surface area contributed by atoms with Crippen LogP contribution in [-0.2, 0) is 16.1 Å². The van der Waals surface area contributed by atoms with Gasteiger partial charge < -0.3 is 4.74 Å². The monoisotopic (exact) mass is 234 g/mol. The molecular formula is C12H10O3S. The highest BCUT2D eigenvalue weighted by Gasteiger charge is 2.03. The van der Waals surface area contributed by atoms with Crippen LogP contribution >= 0.6 is 11.3 Å². The van der Waals surface area contributed by atoms with Crippen LogP contribution in [0.4, 0.5) is 0 Å². The van der Waals surface area contributed by atoms with E-state index in [4.69, 9.17) is 4.74 Å². The number of rotatable bonds is 2. The fourth-order valence-electron chi connectivity index (χ4n) is 1.40. The van der Waals surface area contributed by atoms with Gasteiger partial charge in [0.25, 0.3) is 0 Å². The number of hydrogen-bond acceptors (Lipinski definition) is 4. The lowest BCUT2D eigenvalue weighted by Crippen LogP contribution is -2.03. The van der Waals surface area contributed by atoms with E-state index in [0.717, 1.165) is 9.58 Å². The van der Waals surface area contributed by atoms with E-state index < -0.39 is 0 Å². The van der Waals surface area contributed by atoms with Gasteiger partial charge in [-0.15, -0.1) is 11.3 Å². The first-order valence-electron chi connectivity index (χ1n) is 4.82. The minimum atomic E-state index is -0.340. The molecule has 1 aromatic carbocycles. The van der Waals surface area contributed by atoms with Crippen LogP contribution in [0.1, 0.15) is 11.8 Å². The van der Waals surface area contributed by atoms with Crippen molar-refractivity contribution in [3.05, 3.63) is 45.4 Å². The first kappa shape index (κ1) is 10.8. The average Bonchev–Trinajstić information content (AvgIpc) is 2.26. The summed E-state index contributed by atoms with van der Waals surface area (Å²) in [6, 6.07) is 8.93. The van der Waals surface area contributed by atoms with Crippen molar-refractivity contribution in [1.82, 2.24) is 0 Å². The molecule has 0 saturated carbocycles. The van der Waals surface area contributed by atoms with Crippen molar-refractivity contribution in [2.75, 3.05) is 0 Å². The third kappa shape index (κ3) is 2.28. The van der Waals surface area contributed by atoms with Gasteiger partial charge in [0.1, 0.15) is 6.61 Å². The molecule has 2 aromatic rings. The zero-order valence-corrected chi connectivity index (χ0v) is 9.54. The second-order valence-corrected chi connectivity index (χ2v) is 4.52. The number of carbonyl (C=O) groups is 1. The van der Waals surface area contributed by atoms with Gasteiger partial charge in [-0.05, 0) is 12.1 Å². The van der Waals surface area contributed by atoms with Crippen LogP contribution in [0, 0.1) is 0 Å². The molecule has 0 unspecified atom stereocenters. The Morgan fingerprint density at radius 3 is 2.88 bits per heavy atom. The summed E-state index contributed by atoms with van der Waals surface area (Å²) >= 11 is 1.47. The van der Waals surface area contributed by atoms with Crippen molar-refractivity contribution >= 4 is 27.4 Å². The Hall–Kier alpha value is -1.68. The predicted octanol–water partition coefficient (Wildman–Crippen LogP) is 2.32.